The van der Waals surface area contributed by atoms with Crippen molar-refractivity contribution in [3.63, 3.8) is 0 Å². The Bertz CT molecular complexity index is 160. The van der Waals surface area contributed by atoms with E-state index in [2.05, 4.69) is 5.29 Å². The van der Waals surface area contributed by atoms with Crippen LogP contribution < -0.4 is 0 Å². The zero-order chi connectivity index (χ0) is 7.56. The predicted octanol–water partition coefficient (Wildman–Crippen LogP) is 0.185. The summed E-state index contributed by atoms with van der Waals surface area (Å²) >= 11 is 0. The molecule has 6 nitrogen and oxygen atoms in total. The van der Waals surface area contributed by atoms with Gasteiger partial charge in [0.25, 0.3) is 0 Å². The highest BCUT2D eigenvalue weighted by molar-refractivity contribution is 5.73. The second-order valence-corrected chi connectivity index (χ2v) is 1.96. The smallest absolute Gasteiger partial charge is 0.284 e. The fourth-order valence-corrected chi connectivity index (χ4v) is 0.771. The molecule has 0 spiro atoms. The molecule has 0 atom stereocenters. The molecular weight excluding hydrogens is 138 g/mol. The first-order valence-electron chi connectivity index (χ1n) is 2.87. The van der Waals surface area contributed by atoms with E-state index in [1.165, 1.54) is 0 Å². The third-order valence-electron chi connectivity index (χ3n) is 1.28. The maximum absolute atomic E-state index is 10.7. The molecule has 6 heteroatoms. The minimum absolute atomic E-state index is 0.269. The second-order valence-electron chi connectivity index (χ2n) is 1.96. The van der Waals surface area contributed by atoms with Gasteiger partial charge in [-0.1, -0.05) is 0 Å². The molecule has 0 aromatic rings. The minimum atomic E-state index is -0.749. The number of hydrogen-bond donors (Lipinski definition) is 1. The summed E-state index contributed by atoms with van der Waals surface area (Å²) in [5, 5.41) is 12.3. The lowest BCUT2D eigenvalue weighted by molar-refractivity contribution is -0.0715. The Hall–Kier alpha value is -1.17. The summed E-state index contributed by atoms with van der Waals surface area (Å²) in [6.45, 7) is 0.560. The van der Waals surface area contributed by atoms with Gasteiger partial charge in [-0.2, -0.15) is 5.01 Å². The summed E-state index contributed by atoms with van der Waals surface area (Å²) in [6.07, 6.45) is 0.563. The Morgan fingerprint density at radius 2 is 2.20 bits per heavy atom. The first-order valence-corrected chi connectivity index (χ1v) is 2.87. The van der Waals surface area contributed by atoms with Crippen LogP contribution in [-0.4, -0.2) is 34.4 Å². The molecule has 0 radical (unpaired) electrons. The largest absolute Gasteiger partial charge is 0.366 e. The lowest BCUT2D eigenvalue weighted by Gasteiger charge is -2.25. The lowest BCUT2D eigenvalue weighted by Crippen LogP contribution is -2.44. The summed E-state index contributed by atoms with van der Waals surface area (Å²) in [4.78, 5) is 20.5. The van der Waals surface area contributed by atoms with E-state index >= 15 is 0 Å². The highest BCUT2D eigenvalue weighted by Gasteiger charge is 2.24. The van der Waals surface area contributed by atoms with Crippen LogP contribution in [0.5, 0.6) is 0 Å². The highest BCUT2D eigenvalue weighted by atomic mass is 16.5. The molecule has 0 aromatic carbocycles. The number of hydroxylamine groups is 2. The molecule has 56 valence electrons. The standard InChI is InChI=1S/C4H7N3O3/c8-4-6(5-9)2-1-3-7(4)10/h10H,1-3H2. The van der Waals surface area contributed by atoms with E-state index in [4.69, 9.17) is 5.21 Å². The Labute approximate surface area is 56.9 Å². The molecular formula is C4H7N3O3. The van der Waals surface area contributed by atoms with Gasteiger partial charge < -0.3 is 0 Å². The van der Waals surface area contributed by atoms with Crippen molar-refractivity contribution in [2.75, 3.05) is 13.1 Å². The van der Waals surface area contributed by atoms with Crippen LogP contribution in [0.3, 0.4) is 0 Å². The van der Waals surface area contributed by atoms with E-state index in [-0.39, 0.29) is 6.54 Å². The molecule has 0 aliphatic carbocycles. The topological polar surface area (TPSA) is 73.2 Å². The monoisotopic (exact) mass is 145 g/mol. The fourth-order valence-electron chi connectivity index (χ4n) is 0.771. The highest BCUT2D eigenvalue weighted by Crippen LogP contribution is 2.05. The van der Waals surface area contributed by atoms with Crippen molar-refractivity contribution in [2.45, 2.75) is 6.42 Å². The van der Waals surface area contributed by atoms with Crippen molar-refractivity contribution in [1.82, 2.24) is 10.1 Å². The van der Waals surface area contributed by atoms with Crippen LogP contribution in [0.2, 0.25) is 0 Å². The molecule has 1 aliphatic rings. The van der Waals surface area contributed by atoms with Crippen molar-refractivity contribution in [3.05, 3.63) is 4.91 Å². The second kappa shape index (κ2) is 2.61. The third-order valence-corrected chi connectivity index (χ3v) is 1.28. The van der Waals surface area contributed by atoms with Crippen LogP contribution in [0.1, 0.15) is 6.42 Å². The Morgan fingerprint density at radius 1 is 1.50 bits per heavy atom. The number of rotatable bonds is 1. The van der Waals surface area contributed by atoms with Gasteiger partial charge in [0.15, 0.2) is 0 Å². The van der Waals surface area contributed by atoms with Crippen molar-refractivity contribution in [1.29, 1.82) is 0 Å². The average Bonchev–Trinajstić information content (AvgIpc) is 1.95. The quantitative estimate of drug-likeness (QED) is 0.422. The molecule has 1 N–H and O–H groups in total. The predicted molar refractivity (Wildman–Crippen MR) is 31.0 cm³/mol. The van der Waals surface area contributed by atoms with E-state index < -0.39 is 6.03 Å². The van der Waals surface area contributed by atoms with Crippen LogP contribution in [0.4, 0.5) is 4.79 Å². The normalized spacial score (nSPS) is 19.5. The first-order chi connectivity index (χ1) is 4.75. The zero-order valence-electron chi connectivity index (χ0n) is 5.23. The number of amides is 2. The lowest BCUT2D eigenvalue weighted by atomic mass is 10.3. The maximum atomic E-state index is 10.7. The van der Waals surface area contributed by atoms with Crippen molar-refractivity contribution in [3.8, 4) is 0 Å². The molecule has 0 bridgehead atoms. The van der Waals surface area contributed by atoms with Gasteiger partial charge in [-0.15, -0.1) is 4.91 Å². The summed E-state index contributed by atoms with van der Waals surface area (Å²) in [5.41, 5.74) is 0. The minimum Gasteiger partial charge on any atom is -0.284 e. The van der Waals surface area contributed by atoms with Crippen molar-refractivity contribution < 1.29 is 10.0 Å². The van der Waals surface area contributed by atoms with Gasteiger partial charge in [0.2, 0.25) is 0 Å². The summed E-state index contributed by atoms with van der Waals surface area (Å²) < 4.78 is 0. The molecule has 1 rings (SSSR count). The van der Waals surface area contributed by atoms with Gasteiger partial charge in [-0.3, -0.25) is 5.21 Å². The van der Waals surface area contributed by atoms with Gasteiger partial charge in [-0.05, 0) is 6.42 Å². The van der Waals surface area contributed by atoms with Gasteiger partial charge in [0.1, 0.15) is 0 Å². The van der Waals surface area contributed by atoms with E-state index in [0.717, 1.165) is 0 Å². The summed E-state index contributed by atoms with van der Waals surface area (Å²) in [7, 11) is 0. The first kappa shape index (κ1) is 6.94. The number of nitroso groups, excluding NO2 is 1. The third kappa shape index (κ3) is 1.06. The summed E-state index contributed by atoms with van der Waals surface area (Å²) in [5.74, 6) is 0. The number of carbonyl (C=O) groups excluding carboxylic acids is 1. The molecule has 1 heterocycles. The van der Waals surface area contributed by atoms with Crippen LogP contribution in [0.15, 0.2) is 5.29 Å². The average molecular weight is 145 g/mol. The SMILES string of the molecule is O=NN1CCCN(O)C1=O. The van der Waals surface area contributed by atoms with E-state index in [1.54, 1.807) is 0 Å². The van der Waals surface area contributed by atoms with Crippen LogP contribution in [-0.2, 0) is 0 Å². The van der Waals surface area contributed by atoms with E-state index in [9.17, 15) is 9.70 Å². The van der Waals surface area contributed by atoms with Gasteiger partial charge >= 0.3 is 6.03 Å². The van der Waals surface area contributed by atoms with Crippen LogP contribution in [0, 0.1) is 4.91 Å². The molecule has 10 heavy (non-hydrogen) atoms. The van der Waals surface area contributed by atoms with Crippen molar-refractivity contribution >= 4 is 6.03 Å². The van der Waals surface area contributed by atoms with Crippen LogP contribution >= 0.6 is 0 Å². The zero-order valence-corrected chi connectivity index (χ0v) is 5.23. The molecule has 1 saturated heterocycles. The maximum Gasteiger partial charge on any atom is 0.366 e. The molecule has 1 aliphatic heterocycles. The van der Waals surface area contributed by atoms with E-state index in [0.29, 0.717) is 23.0 Å². The molecule has 0 aromatic heterocycles. The Balaban J connectivity index is 2.59. The fraction of sp³-hybridized carbons (Fsp3) is 0.750. The Morgan fingerprint density at radius 3 is 2.70 bits per heavy atom. The molecule has 2 amide bonds. The number of urea groups is 1. The molecule has 0 unspecified atom stereocenters. The Kier molecular flexibility index (Phi) is 1.81. The summed E-state index contributed by atoms with van der Waals surface area (Å²) in [6, 6.07) is -0.749. The number of carbonyl (C=O) groups is 1. The number of nitrogens with zero attached hydrogens (tertiary/aromatic N) is 3. The van der Waals surface area contributed by atoms with Crippen molar-refractivity contribution in [2.24, 2.45) is 5.29 Å². The molecule has 1 fully saturated rings. The number of hydrogen-bond acceptors (Lipinski definition) is 4. The van der Waals surface area contributed by atoms with Gasteiger partial charge in [-0.25, -0.2) is 9.86 Å². The molecule has 0 saturated carbocycles. The van der Waals surface area contributed by atoms with Gasteiger partial charge in [0.05, 0.1) is 18.4 Å². The van der Waals surface area contributed by atoms with Crippen LogP contribution in [0.25, 0.3) is 0 Å². The van der Waals surface area contributed by atoms with Gasteiger partial charge in [0, 0.05) is 0 Å². The van der Waals surface area contributed by atoms with E-state index in [1.807, 2.05) is 0 Å².